The van der Waals surface area contributed by atoms with E-state index in [0.29, 0.717) is 24.7 Å². The SMILES string of the molecule is Cn1cc(C(=O)N2Cc3cc(C(C)(C)C)cc([C@@H]4CCCN4)c3C2)cn1. The van der Waals surface area contributed by atoms with Crippen molar-refractivity contribution in [3.63, 3.8) is 0 Å². The molecule has 2 aliphatic heterocycles. The Hall–Kier alpha value is -2.14. The fourth-order valence-corrected chi connectivity index (χ4v) is 4.09. The summed E-state index contributed by atoms with van der Waals surface area (Å²) in [6.45, 7) is 9.24. The molecule has 4 rings (SSSR count). The van der Waals surface area contributed by atoms with E-state index in [4.69, 9.17) is 0 Å². The molecule has 26 heavy (non-hydrogen) atoms. The molecular formula is C21H28N4O. The molecule has 0 aliphatic carbocycles. The van der Waals surface area contributed by atoms with E-state index in [1.165, 1.54) is 35.1 Å². The van der Waals surface area contributed by atoms with Crippen molar-refractivity contribution in [2.24, 2.45) is 7.05 Å². The van der Waals surface area contributed by atoms with Gasteiger partial charge in [-0.3, -0.25) is 9.48 Å². The number of carbonyl (C=O) groups is 1. The van der Waals surface area contributed by atoms with Crippen LogP contribution in [0.2, 0.25) is 0 Å². The molecule has 0 bridgehead atoms. The summed E-state index contributed by atoms with van der Waals surface area (Å²) in [5, 5.41) is 7.79. The van der Waals surface area contributed by atoms with Crippen LogP contribution in [0, 0.1) is 0 Å². The lowest BCUT2D eigenvalue weighted by atomic mass is 9.82. The minimum Gasteiger partial charge on any atom is -0.330 e. The van der Waals surface area contributed by atoms with Crippen LogP contribution in [0.15, 0.2) is 24.5 Å². The first kappa shape index (κ1) is 17.3. The Morgan fingerprint density at radius 2 is 2.08 bits per heavy atom. The molecule has 1 atom stereocenters. The summed E-state index contributed by atoms with van der Waals surface area (Å²) >= 11 is 0. The van der Waals surface area contributed by atoms with Crippen LogP contribution in [0.3, 0.4) is 0 Å². The number of nitrogens with zero attached hydrogens (tertiary/aromatic N) is 3. The molecule has 2 aromatic rings. The van der Waals surface area contributed by atoms with Crippen LogP contribution in [0.25, 0.3) is 0 Å². The highest BCUT2D eigenvalue weighted by atomic mass is 16.2. The van der Waals surface area contributed by atoms with Gasteiger partial charge in [0.1, 0.15) is 0 Å². The largest absolute Gasteiger partial charge is 0.330 e. The molecule has 0 radical (unpaired) electrons. The third kappa shape index (κ3) is 3.05. The van der Waals surface area contributed by atoms with Gasteiger partial charge in [0.15, 0.2) is 0 Å². The van der Waals surface area contributed by atoms with Crippen LogP contribution in [-0.4, -0.2) is 27.1 Å². The van der Waals surface area contributed by atoms with E-state index in [1.807, 2.05) is 11.9 Å². The molecule has 1 aromatic carbocycles. The monoisotopic (exact) mass is 352 g/mol. The van der Waals surface area contributed by atoms with Gasteiger partial charge < -0.3 is 10.2 Å². The van der Waals surface area contributed by atoms with Crippen molar-refractivity contribution in [3.05, 3.63) is 52.3 Å². The summed E-state index contributed by atoms with van der Waals surface area (Å²) in [6, 6.07) is 5.10. The maximum Gasteiger partial charge on any atom is 0.257 e. The average Bonchev–Trinajstić information content (AvgIpc) is 3.32. The van der Waals surface area contributed by atoms with Gasteiger partial charge in [0.05, 0.1) is 11.8 Å². The number of amides is 1. The minimum absolute atomic E-state index is 0.0666. The topological polar surface area (TPSA) is 50.2 Å². The van der Waals surface area contributed by atoms with Crippen molar-refractivity contribution >= 4 is 5.91 Å². The lowest BCUT2D eigenvalue weighted by molar-refractivity contribution is 0.0751. The van der Waals surface area contributed by atoms with E-state index in [-0.39, 0.29) is 11.3 Å². The first-order valence-electron chi connectivity index (χ1n) is 9.50. The highest BCUT2D eigenvalue weighted by Gasteiger charge is 2.31. The minimum atomic E-state index is 0.0666. The normalized spacial score (nSPS) is 19.8. The van der Waals surface area contributed by atoms with Gasteiger partial charge in [-0.2, -0.15) is 5.10 Å². The lowest BCUT2D eigenvalue weighted by Crippen LogP contribution is -2.25. The van der Waals surface area contributed by atoms with Gasteiger partial charge in [-0.15, -0.1) is 0 Å². The van der Waals surface area contributed by atoms with Gasteiger partial charge in [0.2, 0.25) is 0 Å². The highest BCUT2D eigenvalue weighted by molar-refractivity contribution is 5.94. The summed E-state index contributed by atoms with van der Waals surface area (Å²) < 4.78 is 1.68. The van der Waals surface area contributed by atoms with E-state index >= 15 is 0 Å². The van der Waals surface area contributed by atoms with Crippen molar-refractivity contribution in [1.29, 1.82) is 0 Å². The van der Waals surface area contributed by atoms with Crippen molar-refractivity contribution in [3.8, 4) is 0 Å². The van der Waals surface area contributed by atoms with Gasteiger partial charge in [0, 0.05) is 32.4 Å². The van der Waals surface area contributed by atoms with Crippen molar-refractivity contribution < 1.29 is 4.79 Å². The fraction of sp³-hybridized carbons (Fsp3) is 0.524. The first-order chi connectivity index (χ1) is 12.3. The first-order valence-corrected chi connectivity index (χ1v) is 9.50. The van der Waals surface area contributed by atoms with E-state index in [2.05, 4.69) is 43.3 Å². The molecule has 1 aromatic heterocycles. The van der Waals surface area contributed by atoms with Crippen LogP contribution in [0.1, 0.15) is 72.3 Å². The van der Waals surface area contributed by atoms with Crippen LogP contribution >= 0.6 is 0 Å². The van der Waals surface area contributed by atoms with Crippen molar-refractivity contribution in [2.75, 3.05) is 6.54 Å². The molecule has 2 aliphatic rings. The maximum atomic E-state index is 12.9. The van der Waals surface area contributed by atoms with E-state index < -0.39 is 0 Å². The van der Waals surface area contributed by atoms with Gasteiger partial charge in [-0.1, -0.05) is 32.9 Å². The molecule has 1 N–H and O–H groups in total. The smallest absolute Gasteiger partial charge is 0.257 e. The third-order valence-electron chi connectivity index (χ3n) is 5.63. The molecule has 0 saturated carbocycles. The highest BCUT2D eigenvalue weighted by Crippen LogP contribution is 2.37. The summed E-state index contributed by atoms with van der Waals surface area (Å²) in [4.78, 5) is 14.9. The van der Waals surface area contributed by atoms with Crippen LogP contribution in [-0.2, 0) is 25.6 Å². The molecule has 1 amide bonds. The molecule has 1 saturated heterocycles. The zero-order valence-electron chi connectivity index (χ0n) is 16.2. The number of aromatic nitrogens is 2. The molecule has 0 unspecified atom stereocenters. The van der Waals surface area contributed by atoms with Crippen molar-refractivity contribution in [1.82, 2.24) is 20.0 Å². The van der Waals surface area contributed by atoms with Crippen LogP contribution in [0.5, 0.6) is 0 Å². The molecule has 0 spiro atoms. The number of fused-ring (bicyclic) bond motifs is 1. The van der Waals surface area contributed by atoms with Crippen LogP contribution in [0.4, 0.5) is 0 Å². The van der Waals surface area contributed by atoms with E-state index in [1.54, 1.807) is 17.1 Å². The number of carbonyl (C=O) groups excluding carboxylic acids is 1. The predicted octanol–water partition coefficient (Wildman–Crippen LogP) is 3.30. The van der Waals surface area contributed by atoms with Crippen LogP contribution < -0.4 is 5.32 Å². The Bertz CT molecular complexity index is 840. The number of rotatable bonds is 2. The molecular weight excluding hydrogens is 324 g/mol. The number of benzene rings is 1. The fourth-order valence-electron chi connectivity index (χ4n) is 4.09. The van der Waals surface area contributed by atoms with Gasteiger partial charge in [0.25, 0.3) is 5.91 Å². The summed E-state index contributed by atoms with van der Waals surface area (Å²) in [5.74, 6) is 0.0666. The zero-order valence-corrected chi connectivity index (χ0v) is 16.2. The van der Waals surface area contributed by atoms with E-state index in [0.717, 1.165) is 6.54 Å². The Kier molecular flexibility index (Phi) is 4.14. The summed E-state index contributed by atoms with van der Waals surface area (Å²) in [7, 11) is 1.84. The third-order valence-corrected chi connectivity index (χ3v) is 5.63. The second-order valence-electron chi connectivity index (χ2n) is 8.67. The molecule has 5 nitrogen and oxygen atoms in total. The zero-order chi connectivity index (χ0) is 18.5. The number of aryl methyl sites for hydroxylation is 1. The predicted molar refractivity (Wildman–Crippen MR) is 102 cm³/mol. The molecule has 138 valence electrons. The standard InChI is InChI=1S/C21H28N4O/c1-21(2,3)16-8-14-12-25(20(26)15-10-23-24(4)11-15)13-18(14)17(9-16)19-6-5-7-22-19/h8-11,19,22H,5-7,12-13H2,1-4H3/t19-/m0/s1. The quantitative estimate of drug-likeness (QED) is 0.902. The number of hydrogen-bond donors (Lipinski definition) is 1. The summed E-state index contributed by atoms with van der Waals surface area (Å²) in [5.41, 5.74) is 6.16. The Balaban J connectivity index is 1.70. The van der Waals surface area contributed by atoms with Gasteiger partial charge in [-0.05, 0) is 47.1 Å². The second kappa shape index (κ2) is 6.23. The molecule has 3 heterocycles. The summed E-state index contributed by atoms with van der Waals surface area (Å²) in [6.07, 6.45) is 5.85. The molecule has 5 heteroatoms. The Morgan fingerprint density at radius 1 is 1.27 bits per heavy atom. The maximum absolute atomic E-state index is 12.9. The second-order valence-corrected chi connectivity index (χ2v) is 8.67. The van der Waals surface area contributed by atoms with Crippen molar-refractivity contribution in [2.45, 2.75) is 58.2 Å². The van der Waals surface area contributed by atoms with Gasteiger partial charge in [-0.25, -0.2) is 0 Å². The number of nitrogens with one attached hydrogen (secondary N) is 1. The molecule has 1 fully saturated rings. The number of hydrogen-bond acceptors (Lipinski definition) is 3. The van der Waals surface area contributed by atoms with E-state index in [9.17, 15) is 4.79 Å². The average molecular weight is 352 g/mol. The van der Waals surface area contributed by atoms with Gasteiger partial charge >= 0.3 is 0 Å². The Labute approximate surface area is 155 Å². The lowest BCUT2D eigenvalue weighted by Gasteiger charge is -2.24. The Morgan fingerprint density at radius 3 is 2.69 bits per heavy atom.